The average molecular weight is 625 g/mol. The van der Waals surface area contributed by atoms with Gasteiger partial charge in [-0.15, -0.1) is 0 Å². The lowest BCUT2D eigenvalue weighted by molar-refractivity contribution is -0.136. The molecule has 0 radical (unpaired) electrons. The normalized spacial score (nSPS) is 14.6. The fourth-order valence-electron chi connectivity index (χ4n) is 5.07. The molecule has 2 aromatic heterocycles. The Hall–Kier alpha value is -5.06. The summed E-state index contributed by atoms with van der Waals surface area (Å²) >= 11 is 7.37. The van der Waals surface area contributed by atoms with Gasteiger partial charge in [-0.05, 0) is 55.0 Å². The van der Waals surface area contributed by atoms with E-state index in [1.165, 1.54) is 29.9 Å². The molecule has 44 heavy (non-hydrogen) atoms. The molecule has 1 aliphatic rings. The predicted octanol–water partition coefficient (Wildman–Crippen LogP) is 4.84. The maximum atomic E-state index is 14.1. The van der Waals surface area contributed by atoms with Crippen molar-refractivity contribution in [3.8, 4) is 22.7 Å². The summed E-state index contributed by atoms with van der Waals surface area (Å²) < 4.78 is 13.9. The van der Waals surface area contributed by atoms with E-state index in [9.17, 15) is 14.4 Å². The maximum Gasteiger partial charge on any atom is 0.338 e. The number of fused-ring (bicyclic) bond motifs is 1. The van der Waals surface area contributed by atoms with E-state index in [4.69, 9.17) is 26.2 Å². The zero-order valence-corrected chi connectivity index (χ0v) is 25.4. The molecule has 0 saturated heterocycles. The largest absolute Gasteiger partial charge is 0.466 e. The monoisotopic (exact) mass is 624 g/mol. The van der Waals surface area contributed by atoms with E-state index in [0.29, 0.717) is 42.6 Å². The molecule has 9 nitrogen and oxygen atoms in total. The Morgan fingerprint density at radius 2 is 1.70 bits per heavy atom. The number of hydrogen-bond donors (Lipinski definition) is 0. The average Bonchev–Trinajstić information content (AvgIpc) is 3.57. The van der Waals surface area contributed by atoms with Crippen LogP contribution in [0.2, 0.25) is 5.02 Å². The van der Waals surface area contributed by atoms with E-state index in [1.54, 1.807) is 54.1 Å². The number of methoxy groups -OCH3 is 1. The minimum Gasteiger partial charge on any atom is -0.466 e. The van der Waals surface area contributed by atoms with Crippen LogP contribution >= 0.6 is 22.9 Å². The molecular weight excluding hydrogens is 600 g/mol. The second-order valence-electron chi connectivity index (χ2n) is 9.96. The fraction of sp³-hybridized carbons (Fsp3) is 0.121. The van der Waals surface area contributed by atoms with Crippen LogP contribution in [0.3, 0.4) is 0 Å². The van der Waals surface area contributed by atoms with Crippen molar-refractivity contribution < 1.29 is 19.1 Å². The van der Waals surface area contributed by atoms with E-state index in [1.807, 2.05) is 48.7 Å². The van der Waals surface area contributed by atoms with E-state index in [2.05, 4.69) is 4.99 Å². The van der Waals surface area contributed by atoms with Crippen molar-refractivity contribution >= 4 is 41.0 Å². The third-order valence-corrected chi connectivity index (χ3v) is 8.29. The Labute approximate surface area is 260 Å². The summed E-state index contributed by atoms with van der Waals surface area (Å²) in [7, 11) is 1.29. The third-order valence-electron chi connectivity index (χ3n) is 7.05. The Bertz CT molecular complexity index is 2110. The Balaban J connectivity index is 1.53. The molecule has 0 saturated carbocycles. The number of carbonyl (C=O) groups is 2. The zero-order chi connectivity index (χ0) is 31.0. The SMILES string of the molecule is COC(=O)C1=C(C)N=c2s/c(=C/c3cn(-c4ccccc4)nc3-c3ccc(Cl)cc3)c(=O)n2C1c1ccc(OC(C)=O)cc1. The molecule has 1 atom stereocenters. The van der Waals surface area contributed by atoms with Gasteiger partial charge in [-0.2, -0.15) is 5.10 Å². The highest BCUT2D eigenvalue weighted by molar-refractivity contribution is 7.07. The van der Waals surface area contributed by atoms with Crippen LogP contribution in [0.1, 0.15) is 31.0 Å². The maximum absolute atomic E-state index is 14.1. The zero-order valence-electron chi connectivity index (χ0n) is 23.9. The fourth-order valence-corrected chi connectivity index (χ4v) is 6.23. The smallest absolute Gasteiger partial charge is 0.338 e. The molecule has 5 aromatic rings. The highest BCUT2D eigenvalue weighted by Gasteiger charge is 2.33. The summed E-state index contributed by atoms with van der Waals surface area (Å²) in [6.07, 6.45) is 3.66. The number of halogens is 1. The Morgan fingerprint density at radius 1 is 1.00 bits per heavy atom. The van der Waals surface area contributed by atoms with Crippen LogP contribution in [-0.2, 0) is 14.3 Å². The van der Waals surface area contributed by atoms with Gasteiger partial charge in [0.2, 0.25) is 0 Å². The van der Waals surface area contributed by atoms with Gasteiger partial charge in [-0.3, -0.25) is 14.2 Å². The van der Waals surface area contributed by atoms with Crippen LogP contribution in [0.15, 0.2) is 106 Å². The Morgan fingerprint density at radius 3 is 2.36 bits per heavy atom. The van der Waals surface area contributed by atoms with Crippen LogP contribution in [0, 0.1) is 0 Å². The van der Waals surface area contributed by atoms with Crippen molar-refractivity contribution in [2.45, 2.75) is 19.9 Å². The number of benzene rings is 3. The summed E-state index contributed by atoms with van der Waals surface area (Å²) in [6.45, 7) is 3.03. The molecule has 0 spiro atoms. The highest BCUT2D eigenvalue weighted by Crippen LogP contribution is 2.32. The number of aromatic nitrogens is 3. The number of esters is 2. The van der Waals surface area contributed by atoms with Gasteiger partial charge >= 0.3 is 11.9 Å². The van der Waals surface area contributed by atoms with Gasteiger partial charge in [0, 0.05) is 29.3 Å². The molecule has 3 heterocycles. The number of allylic oxidation sites excluding steroid dienone is 1. The minimum atomic E-state index is -0.810. The van der Waals surface area contributed by atoms with E-state index >= 15 is 0 Å². The van der Waals surface area contributed by atoms with Crippen molar-refractivity contribution in [3.05, 3.63) is 132 Å². The molecule has 0 N–H and O–H groups in total. The molecule has 1 aliphatic heterocycles. The second kappa shape index (κ2) is 11.9. The van der Waals surface area contributed by atoms with Gasteiger partial charge in [0.25, 0.3) is 5.56 Å². The first-order valence-electron chi connectivity index (χ1n) is 13.5. The number of para-hydroxylation sites is 1. The first kappa shape index (κ1) is 29.0. The molecule has 0 fully saturated rings. The van der Waals surface area contributed by atoms with E-state index in [-0.39, 0.29) is 11.1 Å². The third kappa shape index (κ3) is 5.52. The lowest BCUT2D eigenvalue weighted by Crippen LogP contribution is -2.39. The van der Waals surface area contributed by atoms with Crippen molar-refractivity contribution in [1.29, 1.82) is 0 Å². The van der Waals surface area contributed by atoms with Crippen LogP contribution in [-0.4, -0.2) is 33.4 Å². The summed E-state index contributed by atoms with van der Waals surface area (Å²) in [4.78, 5) is 43.6. The van der Waals surface area contributed by atoms with Gasteiger partial charge in [0.1, 0.15) is 11.4 Å². The van der Waals surface area contributed by atoms with Gasteiger partial charge in [0.15, 0.2) is 4.80 Å². The molecule has 0 amide bonds. The van der Waals surface area contributed by atoms with E-state index < -0.39 is 18.0 Å². The number of hydrogen-bond acceptors (Lipinski definition) is 8. The van der Waals surface area contributed by atoms with Crippen LogP contribution < -0.4 is 19.6 Å². The van der Waals surface area contributed by atoms with Gasteiger partial charge in [-0.1, -0.05) is 65.4 Å². The lowest BCUT2D eigenvalue weighted by atomic mass is 9.96. The number of rotatable bonds is 6. The number of thiazole rings is 1. The van der Waals surface area contributed by atoms with E-state index in [0.717, 1.165) is 11.3 Å². The molecule has 0 bridgehead atoms. The quantitative estimate of drug-likeness (QED) is 0.198. The van der Waals surface area contributed by atoms with Crippen LogP contribution in [0.25, 0.3) is 23.0 Å². The van der Waals surface area contributed by atoms with Crippen molar-refractivity contribution in [2.24, 2.45) is 4.99 Å². The standard InChI is InChI=1S/C33H25ClN4O5S/c1-19-28(32(41)42-3)30(22-11-15-26(16-12-22)43-20(2)39)38-31(40)27(44-33(38)35-19)17-23-18-37(25-7-5-4-6-8-25)36-29(23)21-9-13-24(34)14-10-21/h4-18,30H,1-3H3/b27-17+. The van der Waals surface area contributed by atoms with Crippen LogP contribution in [0.5, 0.6) is 5.75 Å². The molecule has 1 unspecified atom stereocenters. The molecule has 220 valence electrons. The number of nitrogens with zero attached hydrogens (tertiary/aromatic N) is 4. The molecule has 11 heteroatoms. The molecule has 0 aliphatic carbocycles. The summed E-state index contributed by atoms with van der Waals surface area (Å²) in [6, 6.07) is 22.9. The Kier molecular flexibility index (Phi) is 7.86. The first-order valence-corrected chi connectivity index (χ1v) is 14.7. The molecule has 6 rings (SSSR count). The van der Waals surface area contributed by atoms with Gasteiger partial charge in [-0.25, -0.2) is 14.5 Å². The van der Waals surface area contributed by atoms with Crippen LogP contribution in [0.4, 0.5) is 0 Å². The number of ether oxygens (including phenoxy) is 2. The lowest BCUT2D eigenvalue weighted by Gasteiger charge is -2.24. The van der Waals surface area contributed by atoms with Crippen molar-refractivity contribution in [3.63, 3.8) is 0 Å². The molecule has 3 aromatic carbocycles. The highest BCUT2D eigenvalue weighted by atomic mass is 35.5. The predicted molar refractivity (Wildman–Crippen MR) is 168 cm³/mol. The summed E-state index contributed by atoms with van der Waals surface area (Å²) in [5.41, 5.74) is 4.06. The topological polar surface area (TPSA) is 105 Å². The summed E-state index contributed by atoms with van der Waals surface area (Å²) in [5, 5.41) is 5.45. The minimum absolute atomic E-state index is 0.241. The molecular formula is C33H25ClN4O5S. The van der Waals surface area contributed by atoms with Crippen molar-refractivity contribution in [1.82, 2.24) is 14.3 Å². The van der Waals surface area contributed by atoms with Gasteiger partial charge < -0.3 is 9.47 Å². The second-order valence-corrected chi connectivity index (χ2v) is 11.4. The first-order chi connectivity index (χ1) is 21.2. The number of carbonyl (C=O) groups excluding carboxylic acids is 2. The summed E-state index contributed by atoms with van der Waals surface area (Å²) in [5.74, 6) is -0.701. The van der Waals surface area contributed by atoms with Crippen molar-refractivity contribution in [2.75, 3.05) is 7.11 Å². The van der Waals surface area contributed by atoms with Gasteiger partial charge in [0.05, 0.1) is 34.6 Å².